The highest BCUT2D eigenvalue weighted by Gasteiger charge is 2.46. The van der Waals surface area contributed by atoms with E-state index in [1.54, 1.807) is 0 Å². The molecule has 1 aliphatic heterocycles. The first-order valence-corrected chi connectivity index (χ1v) is 13.4. The molecule has 0 amide bonds. The van der Waals surface area contributed by atoms with Crippen LogP contribution in [-0.4, -0.2) is 43.2 Å². The SMILES string of the molecule is Cc1ncc2c(n1)CC(C)(C)C=C2c1n[nH]c2nc(N3CCC4(CC3)Cc3ccccc3[C@H]4N)[nH]c(=O)c12. The zero-order valence-electron chi connectivity index (χ0n) is 22.0. The molecule has 2 aliphatic carbocycles. The summed E-state index contributed by atoms with van der Waals surface area (Å²) in [4.78, 5) is 32.6. The van der Waals surface area contributed by atoms with E-state index < -0.39 is 0 Å². The molecular weight excluding hydrogens is 476 g/mol. The maximum absolute atomic E-state index is 13.5. The third kappa shape index (κ3) is 3.52. The van der Waals surface area contributed by atoms with Crippen molar-refractivity contribution in [3.05, 3.63) is 80.8 Å². The van der Waals surface area contributed by atoms with Crippen molar-refractivity contribution in [2.24, 2.45) is 16.6 Å². The van der Waals surface area contributed by atoms with E-state index in [-0.39, 0.29) is 22.4 Å². The second-order valence-corrected chi connectivity index (χ2v) is 11.9. The van der Waals surface area contributed by atoms with Crippen LogP contribution < -0.4 is 16.2 Å². The minimum Gasteiger partial charge on any atom is -0.342 e. The van der Waals surface area contributed by atoms with E-state index in [1.807, 2.05) is 13.1 Å². The van der Waals surface area contributed by atoms with E-state index >= 15 is 0 Å². The Bertz CT molecular complexity index is 1670. The maximum Gasteiger partial charge on any atom is 0.264 e. The van der Waals surface area contributed by atoms with Crippen LogP contribution in [-0.2, 0) is 12.8 Å². The normalized spacial score (nSPS) is 21.4. The molecule has 1 fully saturated rings. The standard InChI is InChI=1S/C29H32N8O/c1-16-31-15-20-19(13-28(2,3)14-21(20)32-16)23-22-25(36-35-23)33-27(34-26(22)38)37-10-8-29(9-11-37)12-17-6-4-5-7-18(17)24(29)30/h4-7,13,15,24H,8-12,14,30H2,1-3H3,(H2,33,34,35,36,38)/t24-/m1/s1. The first-order valence-electron chi connectivity index (χ1n) is 13.4. The van der Waals surface area contributed by atoms with E-state index in [2.05, 4.69) is 74.2 Å². The summed E-state index contributed by atoms with van der Waals surface area (Å²) in [6.45, 7) is 7.81. The van der Waals surface area contributed by atoms with E-state index in [0.717, 1.165) is 61.4 Å². The number of aromatic amines is 2. The summed E-state index contributed by atoms with van der Waals surface area (Å²) in [7, 11) is 0. The highest BCUT2D eigenvalue weighted by atomic mass is 16.1. The summed E-state index contributed by atoms with van der Waals surface area (Å²) in [6, 6.07) is 8.59. The molecule has 4 N–H and O–H groups in total. The number of hydrogen-bond donors (Lipinski definition) is 3. The largest absolute Gasteiger partial charge is 0.342 e. The van der Waals surface area contributed by atoms with Gasteiger partial charge in [0.1, 0.15) is 16.9 Å². The Balaban J connectivity index is 1.20. The van der Waals surface area contributed by atoms with Gasteiger partial charge in [-0.05, 0) is 54.6 Å². The number of rotatable bonds is 2. The number of nitrogens with one attached hydrogen (secondary N) is 2. The number of hydrogen-bond acceptors (Lipinski definition) is 7. The Morgan fingerprint density at radius 3 is 2.68 bits per heavy atom. The second kappa shape index (κ2) is 8.07. The zero-order chi connectivity index (χ0) is 26.2. The van der Waals surface area contributed by atoms with Crippen molar-refractivity contribution in [2.75, 3.05) is 18.0 Å². The molecule has 1 saturated heterocycles. The average Bonchev–Trinajstić information content (AvgIpc) is 3.43. The number of benzene rings is 1. The van der Waals surface area contributed by atoms with E-state index in [0.29, 0.717) is 22.7 Å². The number of fused-ring (bicyclic) bond motifs is 3. The van der Waals surface area contributed by atoms with Gasteiger partial charge in [-0.1, -0.05) is 44.2 Å². The fourth-order valence-corrected chi connectivity index (χ4v) is 6.76. The number of piperidine rings is 1. The predicted molar refractivity (Wildman–Crippen MR) is 147 cm³/mol. The molecule has 7 rings (SSSR count). The molecule has 4 heterocycles. The Hall–Kier alpha value is -3.85. The lowest BCUT2D eigenvalue weighted by Gasteiger charge is -2.42. The molecular formula is C29H32N8O. The van der Waals surface area contributed by atoms with Crippen LogP contribution in [0, 0.1) is 17.8 Å². The minimum absolute atomic E-state index is 0.0502. The predicted octanol–water partition coefficient (Wildman–Crippen LogP) is 3.60. The van der Waals surface area contributed by atoms with E-state index in [1.165, 1.54) is 11.1 Å². The van der Waals surface area contributed by atoms with Crippen LogP contribution in [0.25, 0.3) is 16.6 Å². The Kier molecular flexibility index (Phi) is 4.95. The van der Waals surface area contributed by atoms with Crippen molar-refractivity contribution in [3.8, 4) is 0 Å². The van der Waals surface area contributed by atoms with Crippen LogP contribution in [0.15, 0.2) is 41.3 Å². The van der Waals surface area contributed by atoms with Gasteiger partial charge in [0.05, 0.1) is 5.69 Å². The lowest BCUT2D eigenvalue weighted by Crippen LogP contribution is -2.45. The summed E-state index contributed by atoms with van der Waals surface area (Å²) < 4.78 is 0. The molecule has 1 atom stereocenters. The zero-order valence-corrected chi connectivity index (χ0v) is 22.0. The minimum atomic E-state index is -0.196. The van der Waals surface area contributed by atoms with Crippen molar-refractivity contribution in [1.29, 1.82) is 0 Å². The van der Waals surface area contributed by atoms with Crippen molar-refractivity contribution >= 4 is 22.6 Å². The van der Waals surface area contributed by atoms with Gasteiger partial charge in [-0.25, -0.2) is 9.97 Å². The lowest BCUT2D eigenvalue weighted by molar-refractivity contribution is 0.187. The summed E-state index contributed by atoms with van der Waals surface area (Å²) in [6.07, 6.45) is 7.74. The van der Waals surface area contributed by atoms with Crippen molar-refractivity contribution in [1.82, 2.24) is 30.1 Å². The Labute approximate surface area is 220 Å². The second-order valence-electron chi connectivity index (χ2n) is 11.9. The molecule has 3 aromatic heterocycles. The highest BCUT2D eigenvalue weighted by Crippen LogP contribution is 2.50. The molecule has 4 aromatic rings. The molecule has 1 spiro atoms. The van der Waals surface area contributed by atoms with Gasteiger partial charge >= 0.3 is 0 Å². The van der Waals surface area contributed by atoms with E-state index in [4.69, 9.17) is 10.7 Å². The van der Waals surface area contributed by atoms with Crippen LogP contribution in [0.3, 0.4) is 0 Å². The molecule has 0 unspecified atom stereocenters. The Morgan fingerprint density at radius 2 is 1.89 bits per heavy atom. The number of anilines is 1. The van der Waals surface area contributed by atoms with Gasteiger partial charge in [-0.3, -0.25) is 14.9 Å². The fourth-order valence-electron chi connectivity index (χ4n) is 6.76. The topological polar surface area (TPSA) is 129 Å². The molecule has 9 heteroatoms. The van der Waals surface area contributed by atoms with Gasteiger partial charge in [-0.15, -0.1) is 0 Å². The van der Waals surface area contributed by atoms with Gasteiger partial charge in [0.2, 0.25) is 5.95 Å². The number of allylic oxidation sites excluding steroid dienone is 1. The Morgan fingerprint density at radius 1 is 1.11 bits per heavy atom. The molecule has 38 heavy (non-hydrogen) atoms. The summed E-state index contributed by atoms with van der Waals surface area (Å²) in [5.74, 6) is 1.32. The van der Waals surface area contributed by atoms with Gasteiger partial charge in [0, 0.05) is 36.5 Å². The molecule has 1 aromatic carbocycles. The maximum atomic E-state index is 13.5. The third-order valence-electron chi connectivity index (χ3n) is 8.76. The number of nitrogens with two attached hydrogens (primary N) is 1. The van der Waals surface area contributed by atoms with E-state index in [9.17, 15) is 4.79 Å². The highest BCUT2D eigenvalue weighted by molar-refractivity contribution is 5.94. The number of H-pyrrole nitrogens is 2. The number of nitrogens with zero attached hydrogens (tertiary/aromatic N) is 5. The third-order valence-corrected chi connectivity index (χ3v) is 8.76. The molecule has 194 valence electrons. The first kappa shape index (κ1) is 23.3. The summed E-state index contributed by atoms with van der Waals surface area (Å²) >= 11 is 0. The quantitative estimate of drug-likeness (QED) is 0.377. The fraction of sp³-hybridized carbons (Fsp3) is 0.414. The van der Waals surface area contributed by atoms with Gasteiger partial charge in [0.25, 0.3) is 5.56 Å². The monoisotopic (exact) mass is 508 g/mol. The molecule has 9 nitrogen and oxygen atoms in total. The van der Waals surface area contributed by atoms with Gasteiger partial charge < -0.3 is 10.6 Å². The molecule has 0 radical (unpaired) electrons. The van der Waals surface area contributed by atoms with Crippen LogP contribution in [0.1, 0.15) is 66.6 Å². The van der Waals surface area contributed by atoms with Crippen LogP contribution in [0.2, 0.25) is 0 Å². The summed E-state index contributed by atoms with van der Waals surface area (Å²) in [5.41, 5.74) is 13.0. The van der Waals surface area contributed by atoms with Crippen LogP contribution in [0.5, 0.6) is 0 Å². The van der Waals surface area contributed by atoms with Gasteiger partial charge in [0.15, 0.2) is 5.65 Å². The van der Waals surface area contributed by atoms with Crippen molar-refractivity contribution in [3.63, 3.8) is 0 Å². The molecule has 0 saturated carbocycles. The average molecular weight is 509 g/mol. The van der Waals surface area contributed by atoms with Crippen LogP contribution >= 0.6 is 0 Å². The number of aromatic nitrogens is 6. The van der Waals surface area contributed by atoms with Crippen molar-refractivity contribution < 1.29 is 0 Å². The number of aryl methyl sites for hydroxylation is 1. The molecule has 3 aliphatic rings. The van der Waals surface area contributed by atoms with Crippen molar-refractivity contribution in [2.45, 2.75) is 52.5 Å². The molecule has 0 bridgehead atoms. The summed E-state index contributed by atoms with van der Waals surface area (Å²) in [5, 5.41) is 8.07. The van der Waals surface area contributed by atoms with Crippen LogP contribution in [0.4, 0.5) is 5.95 Å². The lowest BCUT2D eigenvalue weighted by atomic mass is 9.73. The smallest absolute Gasteiger partial charge is 0.264 e. The first-order chi connectivity index (χ1) is 18.2. The van der Waals surface area contributed by atoms with Gasteiger partial charge in [-0.2, -0.15) is 10.1 Å².